The van der Waals surface area contributed by atoms with Gasteiger partial charge in [-0.1, -0.05) is 12.5 Å². The summed E-state index contributed by atoms with van der Waals surface area (Å²) in [5.74, 6) is -1.27. The van der Waals surface area contributed by atoms with Crippen molar-refractivity contribution in [1.82, 2.24) is 14.8 Å². The minimum atomic E-state index is -1.11. The van der Waals surface area contributed by atoms with Crippen molar-refractivity contribution in [2.24, 2.45) is 0 Å². The summed E-state index contributed by atoms with van der Waals surface area (Å²) in [6, 6.07) is 5.00. The van der Waals surface area contributed by atoms with Crippen molar-refractivity contribution in [1.29, 1.82) is 0 Å². The Morgan fingerprint density at radius 1 is 1.14 bits per heavy atom. The number of nitrogens with zero attached hydrogens (tertiary/aromatic N) is 3. The van der Waals surface area contributed by atoms with Crippen molar-refractivity contribution < 1.29 is 14.7 Å². The fraction of sp³-hybridized carbons (Fsp3) is 0.533. The van der Waals surface area contributed by atoms with Gasteiger partial charge in [0, 0.05) is 25.7 Å². The number of aromatic nitrogens is 1. The van der Waals surface area contributed by atoms with Gasteiger partial charge in [-0.05, 0) is 31.5 Å². The van der Waals surface area contributed by atoms with E-state index in [1.165, 1.54) is 18.9 Å². The molecule has 1 unspecified atom stereocenters. The number of piperidine rings is 1. The highest BCUT2D eigenvalue weighted by Crippen LogP contribution is 2.21. The summed E-state index contributed by atoms with van der Waals surface area (Å²) < 4.78 is 0. The topological polar surface area (TPSA) is 73.7 Å². The Kier molecular flexibility index (Phi) is 3.88. The third kappa shape index (κ3) is 2.90. The normalized spacial score (nSPS) is 22.7. The van der Waals surface area contributed by atoms with E-state index < -0.39 is 5.97 Å². The number of rotatable bonds is 2. The van der Waals surface area contributed by atoms with E-state index in [0.29, 0.717) is 12.6 Å². The lowest BCUT2D eigenvalue weighted by molar-refractivity contribution is 0.0368. The van der Waals surface area contributed by atoms with Crippen molar-refractivity contribution in [2.45, 2.75) is 25.3 Å². The number of amides is 1. The summed E-state index contributed by atoms with van der Waals surface area (Å²) in [5.41, 5.74) is 0.135. The first kappa shape index (κ1) is 14.0. The largest absolute Gasteiger partial charge is 0.477 e. The minimum absolute atomic E-state index is 0.0860. The first-order valence-corrected chi connectivity index (χ1v) is 7.39. The van der Waals surface area contributed by atoms with Gasteiger partial charge in [-0.3, -0.25) is 9.69 Å². The molecule has 0 aromatic carbocycles. The maximum absolute atomic E-state index is 12.5. The molecule has 2 aliphatic rings. The van der Waals surface area contributed by atoms with E-state index in [0.717, 1.165) is 26.1 Å². The van der Waals surface area contributed by atoms with Gasteiger partial charge in [0.25, 0.3) is 5.91 Å². The molecule has 3 rings (SSSR count). The van der Waals surface area contributed by atoms with Crippen LogP contribution in [0.4, 0.5) is 0 Å². The molecule has 6 heteroatoms. The third-order valence-corrected chi connectivity index (χ3v) is 4.31. The maximum Gasteiger partial charge on any atom is 0.354 e. The molecular formula is C15H19N3O3. The molecule has 1 aromatic rings. The van der Waals surface area contributed by atoms with Gasteiger partial charge < -0.3 is 10.0 Å². The molecule has 1 atom stereocenters. The molecule has 6 nitrogen and oxygen atoms in total. The van der Waals surface area contributed by atoms with Gasteiger partial charge >= 0.3 is 5.97 Å². The van der Waals surface area contributed by atoms with Crippen molar-refractivity contribution in [3.05, 3.63) is 29.6 Å². The third-order valence-electron chi connectivity index (χ3n) is 4.31. The average molecular weight is 289 g/mol. The van der Waals surface area contributed by atoms with Gasteiger partial charge in [0.05, 0.1) is 0 Å². The van der Waals surface area contributed by atoms with Crippen LogP contribution in [0.1, 0.15) is 40.2 Å². The van der Waals surface area contributed by atoms with Gasteiger partial charge in [0.2, 0.25) is 0 Å². The van der Waals surface area contributed by atoms with Crippen molar-refractivity contribution in [3.8, 4) is 0 Å². The van der Waals surface area contributed by atoms with Crippen LogP contribution in [0.5, 0.6) is 0 Å². The molecule has 112 valence electrons. The number of carbonyl (C=O) groups is 2. The fourth-order valence-electron chi connectivity index (χ4n) is 3.18. The first-order chi connectivity index (χ1) is 10.1. The van der Waals surface area contributed by atoms with Gasteiger partial charge in [-0.25, -0.2) is 9.78 Å². The second-order valence-electron chi connectivity index (χ2n) is 5.65. The lowest BCUT2D eigenvalue weighted by atomic mass is 9.99. The van der Waals surface area contributed by atoms with Crippen molar-refractivity contribution >= 4 is 11.9 Å². The van der Waals surface area contributed by atoms with Gasteiger partial charge in [-0.2, -0.15) is 0 Å². The number of piperazine rings is 1. The van der Waals surface area contributed by atoms with E-state index >= 15 is 0 Å². The number of hydrogen-bond donors (Lipinski definition) is 1. The Morgan fingerprint density at radius 2 is 1.95 bits per heavy atom. The summed E-state index contributed by atoms with van der Waals surface area (Å²) in [7, 11) is 0. The number of fused-ring (bicyclic) bond motifs is 1. The Bertz CT molecular complexity index is 561. The number of pyridine rings is 1. The van der Waals surface area contributed by atoms with Crippen LogP contribution in [0.25, 0.3) is 0 Å². The van der Waals surface area contributed by atoms with Crippen LogP contribution >= 0.6 is 0 Å². The summed E-state index contributed by atoms with van der Waals surface area (Å²) in [5, 5.41) is 8.96. The smallest absolute Gasteiger partial charge is 0.354 e. The molecule has 1 amide bonds. The van der Waals surface area contributed by atoms with Gasteiger partial charge in [0.15, 0.2) is 0 Å². The highest BCUT2D eigenvalue weighted by atomic mass is 16.4. The molecule has 3 heterocycles. The van der Waals surface area contributed by atoms with Crippen molar-refractivity contribution in [3.63, 3.8) is 0 Å². The molecular weight excluding hydrogens is 270 g/mol. The van der Waals surface area contributed by atoms with Crippen LogP contribution in [-0.4, -0.2) is 64.0 Å². The zero-order chi connectivity index (χ0) is 14.8. The second kappa shape index (κ2) is 5.81. The predicted octanol–water partition coefficient (Wildman–Crippen LogP) is 1.09. The monoisotopic (exact) mass is 289 g/mol. The summed E-state index contributed by atoms with van der Waals surface area (Å²) in [6.07, 6.45) is 3.59. The zero-order valence-corrected chi connectivity index (χ0v) is 11.9. The highest BCUT2D eigenvalue weighted by Gasteiger charge is 2.31. The molecule has 2 saturated heterocycles. The first-order valence-electron chi connectivity index (χ1n) is 7.39. The number of hydrogen-bond acceptors (Lipinski definition) is 4. The van der Waals surface area contributed by atoms with Crippen LogP contribution in [0.15, 0.2) is 18.2 Å². The lowest BCUT2D eigenvalue weighted by Crippen LogP contribution is -2.56. The van der Waals surface area contributed by atoms with Crippen LogP contribution in [0, 0.1) is 0 Å². The Hall–Kier alpha value is -1.95. The Labute approximate surface area is 123 Å². The van der Waals surface area contributed by atoms with E-state index in [1.54, 1.807) is 17.0 Å². The molecule has 2 fully saturated rings. The quantitative estimate of drug-likeness (QED) is 0.882. The van der Waals surface area contributed by atoms with Crippen molar-refractivity contribution in [2.75, 3.05) is 26.2 Å². The molecule has 0 radical (unpaired) electrons. The number of carboxylic acid groups (broad SMARTS) is 1. The molecule has 0 bridgehead atoms. The van der Waals surface area contributed by atoms with Crippen LogP contribution in [-0.2, 0) is 0 Å². The van der Waals surface area contributed by atoms with E-state index in [-0.39, 0.29) is 17.3 Å². The van der Waals surface area contributed by atoms with Crippen LogP contribution in [0.2, 0.25) is 0 Å². The number of carboxylic acids is 1. The molecule has 2 aliphatic heterocycles. The molecule has 21 heavy (non-hydrogen) atoms. The highest BCUT2D eigenvalue weighted by molar-refractivity contribution is 5.94. The van der Waals surface area contributed by atoms with Crippen LogP contribution < -0.4 is 0 Å². The fourth-order valence-corrected chi connectivity index (χ4v) is 3.18. The van der Waals surface area contributed by atoms with E-state index in [4.69, 9.17) is 5.11 Å². The maximum atomic E-state index is 12.5. The Morgan fingerprint density at radius 3 is 2.76 bits per heavy atom. The zero-order valence-electron chi connectivity index (χ0n) is 11.9. The van der Waals surface area contributed by atoms with E-state index in [1.807, 2.05) is 0 Å². The van der Waals surface area contributed by atoms with E-state index in [9.17, 15) is 9.59 Å². The summed E-state index contributed by atoms with van der Waals surface area (Å²) in [4.78, 5) is 31.7. The number of carbonyl (C=O) groups excluding carboxylic acids is 1. The molecule has 0 aliphatic carbocycles. The standard InChI is InChI=1S/C15H19N3O3/c19-14(12-5-3-6-13(16-12)15(20)21)18-9-8-17-7-2-1-4-11(17)10-18/h3,5-6,11H,1-2,4,7-10H2,(H,20,21). The molecule has 0 spiro atoms. The SMILES string of the molecule is O=C(O)c1cccc(C(=O)N2CCN3CCCCC3C2)n1. The summed E-state index contributed by atoms with van der Waals surface area (Å²) in [6.45, 7) is 3.43. The summed E-state index contributed by atoms with van der Waals surface area (Å²) >= 11 is 0. The number of aromatic carboxylic acids is 1. The molecule has 0 saturated carbocycles. The molecule has 1 N–H and O–H groups in total. The molecule has 1 aromatic heterocycles. The average Bonchev–Trinajstić information content (AvgIpc) is 2.53. The van der Waals surface area contributed by atoms with Gasteiger partial charge in [0.1, 0.15) is 11.4 Å². The van der Waals surface area contributed by atoms with Crippen LogP contribution in [0.3, 0.4) is 0 Å². The van der Waals surface area contributed by atoms with E-state index in [2.05, 4.69) is 9.88 Å². The lowest BCUT2D eigenvalue weighted by Gasteiger charge is -2.43. The minimum Gasteiger partial charge on any atom is -0.477 e. The van der Waals surface area contributed by atoms with Gasteiger partial charge in [-0.15, -0.1) is 0 Å². The Balaban J connectivity index is 1.73. The predicted molar refractivity (Wildman–Crippen MR) is 76.3 cm³/mol. The second-order valence-corrected chi connectivity index (χ2v) is 5.65.